The number of rotatable bonds is 4. The molecule has 3 rings (SSSR count). The van der Waals surface area contributed by atoms with Crippen molar-refractivity contribution in [2.45, 2.75) is 37.6 Å². The first-order chi connectivity index (χ1) is 14.3. The Morgan fingerprint density at radius 1 is 1.26 bits per heavy atom. The summed E-state index contributed by atoms with van der Waals surface area (Å²) < 4.78 is 60.1. The molecule has 1 aromatic heterocycles. The van der Waals surface area contributed by atoms with E-state index < -0.39 is 53.1 Å². The number of phenolic OH excluding ortho intramolecular Hbond substituents is 1. The number of phenols is 1. The number of anilines is 1. The van der Waals surface area contributed by atoms with Crippen LogP contribution in [0.1, 0.15) is 35.8 Å². The number of nitrogens with one attached hydrogen (secondary N) is 1. The molecule has 166 valence electrons. The van der Waals surface area contributed by atoms with Crippen LogP contribution in [0.25, 0.3) is 0 Å². The molecule has 4 N–H and O–H groups in total. The average molecular weight is 441 g/mol. The predicted octanol–water partition coefficient (Wildman–Crippen LogP) is 3.10. The molecule has 1 saturated heterocycles. The molecule has 11 heteroatoms. The minimum Gasteiger partial charge on any atom is -0.508 e. The first kappa shape index (κ1) is 22.5. The first-order valence-electron chi connectivity index (χ1n) is 9.15. The molecular weight excluding hydrogens is 422 g/mol. The number of ether oxygens (including phenoxy) is 1. The second-order valence-electron chi connectivity index (χ2n) is 7.44. The first-order valence-corrected chi connectivity index (χ1v) is 9.15. The summed E-state index contributed by atoms with van der Waals surface area (Å²) in [5.74, 6) is -5.74. The quantitative estimate of drug-likeness (QED) is 0.631. The van der Waals surface area contributed by atoms with E-state index in [0.29, 0.717) is 0 Å². The Bertz CT molecular complexity index is 1030. The lowest BCUT2D eigenvalue weighted by Crippen LogP contribution is -2.47. The van der Waals surface area contributed by atoms with Crippen LogP contribution in [0.15, 0.2) is 36.5 Å². The lowest BCUT2D eigenvalue weighted by atomic mass is 9.77. The lowest BCUT2D eigenvalue weighted by Gasteiger charge is -2.31. The van der Waals surface area contributed by atoms with Crippen LogP contribution in [0.5, 0.6) is 5.75 Å². The zero-order valence-electron chi connectivity index (χ0n) is 16.4. The van der Waals surface area contributed by atoms with Gasteiger partial charge < -0.3 is 20.9 Å². The Hall–Kier alpha value is -3.21. The highest BCUT2D eigenvalue weighted by atomic mass is 19.4. The molecule has 0 aliphatic carbocycles. The minimum absolute atomic E-state index is 0.0606. The van der Waals surface area contributed by atoms with E-state index >= 15 is 0 Å². The van der Waals surface area contributed by atoms with Gasteiger partial charge in [-0.25, -0.2) is 4.39 Å². The SMILES string of the molecule is C[C@H]1[C@H](c2ccc(F)cc2O)[C@@H](C(=O)Nc2ccnc(C(N)=O)c2)O[C@@]1(C)C(F)(F)F. The number of aromatic nitrogens is 1. The van der Waals surface area contributed by atoms with Crippen LogP contribution in [0.3, 0.4) is 0 Å². The summed E-state index contributed by atoms with van der Waals surface area (Å²) in [6.45, 7) is 2.06. The van der Waals surface area contributed by atoms with E-state index in [2.05, 4.69) is 10.3 Å². The van der Waals surface area contributed by atoms with E-state index in [4.69, 9.17) is 10.5 Å². The van der Waals surface area contributed by atoms with Gasteiger partial charge in [0.1, 0.15) is 23.4 Å². The minimum atomic E-state index is -4.83. The second-order valence-corrected chi connectivity index (χ2v) is 7.44. The normalized spacial score (nSPS) is 25.9. The zero-order chi connectivity index (χ0) is 23.1. The topological polar surface area (TPSA) is 115 Å². The number of pyridine rings is 1. The molecule has 1 aliphatic heterocycles. The molecular formula is C20H19F4N3O4. The largest absolute Gasteiger partial charge is 0.508 e. The van der Waals surface area contributed by atoms with E-state index in [9.17, 15) is 32.3 Å². The van der Waals surface area contributed by atoms with Crippen molar-refractivity contribution in [3.8, 4) is 5.75 Å². The third-order valence-electron chi connectivity index (χ3n) is 5.56. The maximum Gasteiger partial charge on any atom is 0.417 e. The lowest BCUT2D eigenvalue weighted by molar-refractivity contribution is -0.272. The fourth-order valence-corrected chi connectivity index (χ4v) is 3.68. The highest BCUT2D eigenvalue weighted by Crippen LogP contribution is 2.54. The summed E-state index contributed by atoms with van der Waals surface area (Å²) in [6, 6.07) is 5.32. The molecule has 2 aromatic rings. The summed E-state index contributed by atoms with van der Waals surface area (Å²) in [5.41, 5.74) is 2.27. The van der Waals surface area contributed by atoms with Crippen molar-refractivity contribution >= 4 is 17.5 Å². The molecule has 0 bridgehead atoms. The van der Waals surface area contributed by atoms with Crippen molar-refractivity contribution in [2.75, 3.05) is 5.32 Å². The van der Waals surface area contributed by atoms with Gasteiger partial charge >= 0.3 is 6.18 Å². The predicted molar refractivity (Wildman–Crippen MR) is 101 cm³/mol. The molecule has 0 spiro atoms. The van der Waals surface area contributed by atoms with Gasteiger partial charge in [0.05, 0.1) is 0 Å². The monoisotopic (exact) mass is 441 g/mol. The molecule has 4 atom stereocenters. The van der Waals surface area contributed by atoms with Crippen LogP contribution >= 0.6 is 0 Å². The Morgan fingerprint density at radius 3 is 2.52 bits per heavy atom. The number of primary amides is 1. The summed E-state index contributed by atoms with van der Waals surface area (Å²) in [5, 5.41) is 12.5. The third kappa shape index (κ3) is 4.05. The van der Waals surface area contributed by atoms with Crippen molar-refractivity contribution in [1.82, 2.24) is 4.98 Å². The van der Waals surface area contributed by atoms with Crippen molar-refractivity contribution in [1.29, 1.82) is 0 Å². The molecule has 0 unspecified atom stereocenters. The van der Waals surface area contributed by atoms with Crippen LogP contribution in [0.4, 0.5) is 23.2 Å². The number of benzene rings is 1. The molecule has 31 heavy (non-hydrogen) atoms. The Kier molecular flexibility index (Phi) is 5.66. The highest BCUT2D eigenvalue weighted by molar-refractivity contribution is 5.97. The van der Waals surface area contributed by atoms with E-state index in [1.54, 1.807) is 0 Å². The Labute approximate surface area is 174 Å². The summed E-state index contributed by atoms with van der Waals surface area (Å²) in [6.07, 6.45) is -5.31. The van der Waals surface area contributed by atoms with E-state index in [0.717, 1.165) is 31.2 Å². The second kappa shape index (κ2) is 7.80. The van der Waals surface area contributed by atoms with Gasteiger partial charge in [-0.1, -0.05) is 13.0 Å². The number of carbonyl (C=O) groups excluding carboxylic acids is 2. The van der Waals surface area contributed by atoms with Gasteiger partial charge in [0.15, 0.2) is 5.60 Å². The number of carbonyl (C=O) groups is 2. The fraction of sp³-hybridized carbons (Fsp3) is 0.350. The zero-order valence-corrected chi connectivity index (χ0v) is 16.4. The number of nitrogens with zero attached hydrogens (tertiary/aromatic N) is 1. The van der Waals surface area contributed by atoms with Gasteiger partial charge in [-0.05, 0) is 25.1 Å². The maximum atomic E-state index is 13.8. The third-order valence-corrected chi connectivity index (χ3v) is 5.56. The van der Waals surface area contributed by atoms with Crippen molar-refractivity contribution in [2.24, 2.45) is 11.7 Å². The van der Waals surface area contributed by atoms with Crippen LogP contribution in [-0.4, -0.2) is 39.8 Å². The molecule has 0 radical (unpaired) electrons. The van der Waals surface area contributed by atoms with Gasteiger partial charge in [-0.15, -0.1) is 0 Å². The Balaban J connectivity index is 2.01. The molecule has 2 amide bonds. The maximum absolute atomic E-state index is 13.8. The van der Waals surface area contributed by atoms with Gasteiger partial charge in [0, 0.05) is 35.3 Å². The van der Waals surface area contributed by atoms with E-state index in [1.807, 2.05) is 0 Å². The molecule has 2 heterocycles. The van der Waals surface area contributed by atoms with Crippen LogP contribution < -0.4 is 11.1 Å². The number of alkyl halides is 3. The average Bonchev–Trinajstić information content (AvgIpc) is 2.94. The number of halogens is 4. The molecule has 1 aliphatic rings. The summed E-state index contributed by atoms with van der Waals surface area (Å²) in [7, 11) is 0. The van der Waals surface area contributed by atoms with Crippen molar-refractivity contribution in [3.05, 3.63) is 53.6 Å². The number of aromatic hydroxyl groups is 1. The van der Waals surface area contributed by atoms with Crippen molar-refractivity contribution < 1.29 is 37.0 Å². The molecule has 7 nitrogen and oxygen atoms in total. The van der Waals surface area contributed by atoms with Gasteiger partial charge in [0.2, 0.25) is 0 Å². The molecule has 1 aromatic carbocycles. The van der Waals surface area contributed by atoms with Gasteiger partial charge in [-0.2, -0.15) is 13.2 Å². The van der Waals surface area contributed by atoms with Gasteiger partial charge in [-0.3, -0.25) is 14.6 Å². The highest BCUT2D eigenvalue weighted by Gasteiger charge is 2.65. The summed E-state index contributed by atoms with van der Waals surface area (Å²) in [4.78, 5) is 27.9. The smallest absolute Gasteiger partial charge is 0.417 e. The number of nitrogens with two attached hydrogens (primary N) is 1. The van der Waals surface area contributed by atoms with E-state index in [1.165, 1.54) is 19.2 Å². The molecule has 1 fully saturated rings. The summed E-state index contributed by atoms with van der Waals surface area (Å²) >= 11 is 0. The Morgan fingerprint density at radius 2 is 1.94 bits per heavy atom. The number of amides is 2. The number of hydrogen-bond donors (Lipinski definition) is 3. The standard InChI is InChI=1S/C20H19F4N3O4/c1-9-15(12-4-3-10(21)7-14(12)28)16(31-19(9,2)20(22,23)24)18(30)27-11-5-6-26-13(8-11)17(25)29/h3-9,15-16,28H,1-2H3,(H2,25,29)(H,26,27,30)/t9-,15+,16-,19+/m0/s1. The van der Waals surface area contributed by atoms with Crippen LogP contribution in [0, 0.1) is 11.7 Å². The number of hydrogen-bond acceptors (Lipinski definition) is 5. The van der Waals surface area contributed by atoms with Crippen molar-refractivity contribution in [3.63, 3.8) is 0 Å². The van der Waals surface area contributed by atoms with Gasteiger partial charge in [0.25, 0.3) is 11.8 Å². The van der Waals surface area contributed by atoms with E-state index in [-0.39, 0.29) is 16.9 Å². The van der Waals surface area contributed by atoms with Crippen LogP contribution in [0.2, 0.25) is 0 Å². The van der Waals surface area contributed by atoms with Crippen LogP contribution in [-0.2, 0) is 9.53 Å². The molecule has 0 saturated carbocycles. The fourth-order valence-electron chi connectivity index (χ4n) is 3.68.